The Balaban J connectivity index is 2.62. The standard InChI is InChI=1S/C11H13FN2OS/c1-7(14-11(15)6-10(13)16)8-3-2-4-9(12)5-8/h2-5,7H,6H2,1H3,(H2,13,16)(H,14,15). The van der Waals surface area contributed by atoms with Crippen LogP contribution in [0.4, 0.5) is 4.39 Å². The van der Waals surface area contributed by atoms with E-state index in [4.69, 9.17) is 5.73 Å². The molecule has 0 saturated carbocycles. The molecule has 0 fully saturated rings. The van der Waals surface area contributed by atoms with Crippen molar-refractivity contribution in [1.82, 2.24) is 5.32 Å². The summed E-state index contributed by atoms with van der Waals surface area (Å²) in [6.45, 7) is 1.77. The summed E-state index contributed by atoms with van der Waals surface area (Å²) in [7, 11) is 0. The molecule has 1 amide bonds. The molecule has 0 bridgehead atoms. The molecule has 3 N–H and O–H groups in total. The van der Waals surface area contributed by atoms with Crippen molar-refractivity contribution in [2.24, 2.45) is 5.73 Å². The third kappa shape index (κ3) is 3.94. The molecule has 1 aromatic rings. The number of nitrogens with one attached hydrogen (secondary N) is 1. The molecule has 1 atom stereocenters. The van der Waals surface area contributed by atoms with Crippen LogP contribution in [0.5, 0.6) is 0 Å². The van der Waals surface area contributed by atoms with Crippen LogP contribution >= 0.6 is 12.2 Å². The number of halogens is 1. The molecule has 86 valence electrons. The molecular formula is C11H13FN2OS. The molecule has 1 unspecified atom stereocenters. The number of nitrogens with two attached hydrogens (primary N) is 1. The van der Waals surface area contributed by atoms with Gasteiger partial charge < -0.3 is 11.1 Å². The van der Waals surface area contributed by atoms with Crippen LogP contribution in [-0.4, -0.2) is 10.9 Å². The molecule has 3 nitrogen and oxygen atoms in total. The predicted molar refractivity (Wildman–Crippen MR) is 64.4 cm³/mol. The average molecular weight is 240 g/mol. The Bertz CT molecular complexity index is 409. The van der Waals surface area contributed by atoms with E-state index >= 15 is 0 Å². The first kappa shape index (κ1) is 12.6. The maximum absolute atomic E-state index is 12.9. The fourth-order valence-corrected chi connectivity index (χ4v) is 1.44. The van der Waals surface area contributed by atoms with E-state index in [2.05, 4.69) is 17.5 Å². The van der Waals surface area contributed by atoms with Crippen molar-refractivity contribution >= 4 is 23.1 Å². The third-order valence-corrected chi connectivity index (χ3v) is 2.21. The first-order valence-electron chi connectivity index (χ1n) is 4.82. The second kappa shape index (κ2) is 5.55. The highest BCUT2D eigenvalue weighted by molar-refractivity contribution is 7.80. The van der Waals surface area contributed by atoms with Crippen molar-refractivity contribution in [2.45, 2.75) is 19.4 Å². The van der Waals surface area contributed by atoms with Gasteiger partial charge in [-0.15, -0.1) is 0 Å². The fraction of sp³-hybridized carbons (Fsp3) is 0.273. The summed E-state index contributed by atoms with van der Waals surface area (Å²) in [4.78, 5) is 11.5. The largest absolute Gasteiger partial charge is 0.393 e. The summed E-state index contributed by atoms with van der Waals surface area (Å²) in [5, 5.41) is 2.68. The minimum Gasteiger partial charge on any atom is -0.393 e. The Morgan fingerprint density at radius 3 is 2.88 bits per heavy atom. The number of hydrogen-bond donors (Lipinski definition) is 2. The van der Waals surface area contributed by atoms with Crippen molar-refractivity contribution in [2.75, 3.05) is 0 Å². The van der Waals surface area contributed by atoms with Crippen LogP contribution in [0.3, 0.4) is 0 Å². The lowest BCUT2D eigenvalue weighted by molar-refractivity contribution is -0.120. The van der Waals surface area contributed by atoms with Gasteiger partial charge in [-0.2, -0.15) is 0 Å². The normalized spacial score (nSPS) is 11.9. The highest BCUT2D eigenvalue weighted by Gasteiger charge is 2.10. The van der Waals surface area contributed by atoms with E-state index in [0.29, 0.717) is 5.56 Å². The van der Waals surface area contributed by atoms with E-state index in [0.717, 1.165) is 0 Å². The third-order valence-electron chi connectivity index (χ3n) is 2.06. The number of hydrogen-bond acceptors (Lipinski definition) is 2. The number of rotatable bonds is 4. The topological polar surface area (TPSA) is 55.1 Å². The second-order valence-corrected chi connectivity index (χ2v) is 4.01. The van der Waals surface area contributed by atoms with E-state index in [1.54, 1.807) is 19.1 Å². The van der Waals surface area contributed by atoms with Crippen molar-refractivity contribution < 1.29 is 9.18 Å². The van der Waals surface area contributed by atoms with Crippen molar-refractivity contribution in [3.05, 3.63) is 35.6 Å². The van der Waals surface area contributed by atoms with Crippen LogP contribution < -0.4 is 11.1 Å². The Morgan fingerprint density at radius 1 is 1.62 bits per heavy atom. The first-order valence-corrected chi connectivity index (χ1v) is 5.23. The van der Waals surface area contributed by atoms with Gasteiger partial charge in [-0.05, 0) is 24.6 Å². The van der Waals surface area contributed by atoms with Gasteiger partial charge in [0.05, 0.1) is 17.5 Å². The van der Waals surface area contributed by atoms with E-state index in [9.17, 15) is 9.18 Å². The molecule has 0 radical (unpaired) electrons. The maximum Gasteiger partial charge on any atom is 0.227 e. The van der Waals surface area contributed by atoms with Crippen molar-refractivity contribution in [3.8, 4) is 0 Å². The molecule has 1 rings (SSSR count). The Labute approximate surface area is 98.8 Å². The van der Waals surface area contributed by atoms with E-state index in [-0.39, 0.29) is 29.2 Å². The van der Waals surface area contributed by atoms with E-state index in [1.807, 2.05) is 0 Å². The minimum atomic E-state index is -0.326. The molecule has 16 heavy (non-hydrogen) atoms. The van der Waals surface area contributed by atoms with Crippen LogP contribution in [0.25, 0.3) is 0 Å². The molecule has 1 aromatic carbocycles. The quantitative estimate of drug-likeness (QED) is 0.787. The zero-order valence-electron chi connectivity index (χ0n) is 8.87. The molecule has 0 saturated heterocycles. The highest BCUT2D eigenvalue weighted by atomic mass is 32.1. The fourth-order valence-electron chi connectivity index (χ4n) is 1.31. The summed E-state index contributed by atoms with van der Waals surface area (Å²) in [6.07, 6.45) is 0.00892. The van der Waals surface area contributed by atoms with Crippen LogP contribution in [0, 0.1) is 5.82 Å². The molecule has 0 heterocycles. The van der Waals surface area contributed by atoms with Gasteiger partial charge in [-0.3, -0.25) is 4.79 Å². The molecule has 0 aromatic heterocycles. The van der Waals surface area contributed by atoms with Gasteiger partial charge in [0.25, 0.3) is 0 Å². The lowest BCUT2D eigenvalue weighted by Crippen LogP contribution is -2.30. The van der Waals surface area contributed by atoms with Gasteiger partial charge in [0.15, 0.2) is 0 Å². The number of benzene rings is 1. The summed E-state index contributed by atoms with van der Waals surface area (Å²) >= 11 is 4.62. The smallest absolute Gasteiger partial charge is 0.227 e. The highest BCUT2D eigenvalue weighted by Crippen LogP contribution is 2.13. The van der Waals surface area contributed by atoms with Crippen LogP contribution in [-0.2, 0) is 4.79 Å². The van der Waals surface area contributed by atoms with Gasteiger partial charge in [-0.25, -0.2) is 4.39 Å². The Morgan fingerprint density at radius 2 is 2.31 bits per heavy atom. The zero-order valence-corrected chi connectivity index (χ0v) is 9.68. The van der Waals surface area contributed by atoms with Gasteiger partial charge in [0.2, 0.25) is 5.91 Å². The van der Waals surface area contributed by atoms with Gasteiger partial charge in [-0.1, -0.05) is 24.4 Å². The molecule has 0 aliphatic carbocycles. The monoisotopic (exact) mass is 240 g/mol. The lowest BCUT2D eigenvalue weighted by atomic mass is 10.1. The van der Waals surface area contributed by atoms with Gasteiger partial charge in [0.1, 0.15) is 5.82 Å². The second-order valence-electron chi connectivity index (χ2n) is 3.49. The SMILES string of the molecule is CC(NC(=O)CC(N)=S)c1cccc(F)c1. The average Bonchev–Trinajstić information content (AvgIpc) is 2.16. The first-order chi connectivity index (χ1) is 7.49. The molecule has 0 aliphatic rings. The van der Waals surface area contributed by atoms with Gasteiger partial charge >= 0.3 is 0 Å². The summed E-state index contributed by atoms with van der Waals surface area (Å²) < 4.78 is 12.9. The number of thiocarbonyl (C=S) groups is 1. The van der Waals surface area contributed by atoms with Gasteiger partial charge in [0, 0.05) is 0 Å². The zero-order chi connectivity index (χ0) is 12.1. The number of amides is 1. The Hall–Kier alpha value is -1.49. The summed E-state index contributed by atoms with van der Waals surface area (Å²) in [5.41, 5.74) is 5.95. The van der Waals surface area contributed by atoms with E-state index in [1.165, 1.54) is 12.1 Å². The molecule has 0 aliphatic heterocycles. The molecular weight excluding hydrogens is 227 g/mol. The van der Waals surface area contributed by atoms with Crippen LogP contribution in [0.2, 0.25) is 0 Å². The maximum atomic E-state index is 12.9. The van der Waals surface area contributed by atoms with E-state index < -0.39 is 0 Å². The van der Waals surface area contributed by atoms with Crippen molar-refractivity contribution in [3.63, 3.8) is 0 Å². The van der Waals surface area contributed by atoms with Crippen LogP contribution in [0.15, 0.2) is 24.3 Å². The number of carbonyl (C=O) groups is 1. The van der Waals surface area contributed by atoms with Crippen molar-refractivity contribution in [1.29, 1.82) is 0 Å². The lowest BCUT2D eigenvalue weighted by Gasteiger charge is -2.14. The predicted octanol–water partition coefficient (Wildman–Crippen LogP) is 1.68. The van der Waals surface area contributed by atoms with Crippen LogP contribution in [0.1, 0.15) is 24.9 Å². The summed E-state index contributed by atoms with van der Waals surface area (Å²) in [6, 6.07) is 5.81. The Kier molecular flexibility index (Phi) is 4.37. The number of carbonyl (C=O) groups excluding carboxylic acids is 1. The molecule has 5 heteroatoms. The molecule has 0 spiro atoms. The minimum absolute atomic E-state index is 0.00892. The summed E-state index contributed by atoms with van der Waals surface area (Å²) in [5.74, 6) is -0.586.